The molecule has 0 saturated carbocycles. The zero-order valence-electron chi connectivity index (χ0n) is 9.76. The number of amides is 2. The minimum absolute atomic E-state index is 0.0525. The van der Waals surface area contributed by atoms with Gasteiger partial charge in [0.05, 0.1) is 11.5 Å². The summed E-state index contributed by atoms with van der Waals surface area (Å²) in [4.78, 5) is 11.4. The highest BCUT2D eigenvalue weighted by Gasteiger charge is 2.10. The maximum Gasteiger partial charge on any atom is 0.319 e. The summed E-state index contributed by atoms with van der Waals surface area (Å²) in [5.41, 5.74) is 5.10. The van der Waals surface area contributed by atoms with Crippen LogP contribution < -0.4 is 16.4 Å². The number of anilines is 1. The van der Waals surface area contributed by atoms with Gasteiger partial charge in [-0.25, -0.2) is 13.6 Å². The summed E-state index contributed by atoms with van der Waals surface area (Å²) in [6, 6.07) is 2.19. The maximum atomic E-state index is 13.2. The Bertz CT molecular complexity index is 464. The first-order valence-electron chi connectivity index (χ1n) is 5.24. The Kier molecular flexibility index (Phi) is 4.59. The first-order chi connectivity index (χ1) is 8.40. The molecule has 5 nitrogen and oxygen atoms in total. The highest BCUT2D eigenvalue weighted by molar-refractivity contribution is 5.89. The minimum Gasteiger partial charge on any atom is -0.387 e. The molecule has 0 bridgehead atoms. The number of nitrogens with two attached hydrogens (primary N) is 1. The van der Waals surface area contributed by atoms with Crippen LogP contribution in [0.3, 0.4) is 0 Å². The van der Waals surface area contributed by atoms with Crippen LogP contribution in [0.1, 0.15) is 6.92 Å². The fourth-order valence-electron chi connectivity index (χ4n) is 1.11. The average molecular weight is 256 g/mol. The van der Waals surface area contributed by atoms with Crippen LogP contribution in [0.25, 0.3) is 0 Å². The second kappa shape index (κ2) is 5.95. The Morgan fingerprint density at radius 3 is 2.72 bits per heavy atom. The molecule has 0 radical (unpaired) electrons. The van der Waals surface area contributed by atoms with E-state index in [1.165, 1.54) is 0 Å². The topological polar surface area (TPSA) is 91.0 Å². The van der Waals surface area contributed by atoms with Crippen LogP contribution in [0.4, 0.5) is 19.3 Å². The number of carbonyl (C=O) groups is 1. The quantitative estimate of drug-likeness (QED) is 0.487. The molecule has 1 rings (SSSR count). The molecule has 98 valence electrons. The summed E-state index contributed by atoms with van der Waals surface area (Å²) in [7, 11) is 0. The van der Waals surface area contributed by atoms with Gasteiger partial charge in [0.1, 0.15) is 11.6 Å². The molecule has 1 atom stereocenters. The largest absolute Gasteiger partial charge is 0.387 e. The van der Waals surface area contributed by atoms with Crippen LogP contribution in [-0.4, -0.2) is 18.4 Å². The molecule has 5 N–H and O–H groups in total. The van der Waals surface area contributed by atoms with Crippen molar-refractivity contribution in [2.75, 3.05) is 11.9 Å². The lowest BCUT2D eigenvalue weighted by atomic mass is 10.1. The number of rotatable bonds is 4. The van der Waals surface area contributed by atoms with Gasteiger partial charge in [0.2, 0.25) is 0 Å². The first kappa shape index (κ1) is 13.9. The number of urea groups is 1. The fraction of sp³-hybridized carbons (Fsp3) is 0.273. The Morgan fingerprint density at radius 2 is 2.17 bits per heavy atom. The number of carbonyl (C=O) groups excluding carboxylic acids is 1. The van der Waals surface area contributed by atoms with Crippen molar-refractivity contribution in [1.29, 1.82) is 5.41 Å². The van der Waals surface area contributed by atoms with E-state index < -0.39 is 17.7 Å². The number of halogens is 2. The van der Waals surface area contributed by atoms with Gasteiger partial charge in [0.25, 0.3) is 0 Å². The Morgan fingerprint density at radius 1 is 1.50 bits per heavy atom. The molecular formula is C11H14F2N4O. The summed E-state index contributed by atoms with van der Waals surface area (Å²) < 4.78 is 25.8. The van der Waals surface area contributed by atoms with Crippen LogP contribution in [0.2, 0.25) is 0 Å². The van der Waals surface area contributed by atoms with Crippen molar-refractivity contribution in [1.82, 2.24) is 5.32 Å². The van der Waals surface area contributed by atoms with Gasteiger partial charge in [-0.3, -0.25) is 5.41 Å². The molecular weight excluding hydrogens is 242 g/mol. The van der Waals surface area contributed by atoms with E-state index in [-0.39, 0.29) is 24.0 Å². The second-order valence-electron chi connectivity index (χ2n) is 3.82. The number of nitrogens with one attached hydrogen (secondary N) is 3. The van der Waals surface area contributed by atoms with Crippen LogP contribution in [-0.2, 0) is 0 Å². The molecule has 0 spiro atoms. The van der Waals surface area contributed by atoms with E-state index in [9.17, 15) is 13.6 Å². The molecule has 0 aliphatic carbocycles. The van der Waals surface area contributed by atoms with Crippen LogP contribution in [0.5, 0.6) is 0 Å². The van der Waals surface area contributed by atoms with E-state index in [4.69, 9.17) is 11.1 Å². The highest BCUT2D eigenvalue weighted by atomic mass is 19.1. The van der Waals surface area contributed by atoms with Gasteiger partial charge in [-0.15, -0.1) is 0 Å². The fourth-order valence-corrected chi connectivity index (χ4v) is 1.11. The van der Waals surface area contributed by atoms with Gasteiger partial charge in [0, 0.05) is 18.5 Å². The number of benzene rings is 1. The molecule has 18 heavy (non-hydrogen) atoms. The zero-order valence-corrected chi connectivity index (χ0v) is 9.76. The second-order valence-corrected chi connectivity index (χ2v) is 3.82. The van der Waals surface area contributed by atoms with Gasteiger partial charge in [0.15, 0.2) is 0 Å². The normalized spacial score (nSPS) is 11.7. The summed E-state index contributed by atoms with van der Waals surface area (Å²) in [6.07, 6.45) is 0. The average Bonchev–Trinajstić information content (AvgIpc) is 2.29. The molecule has 0 fully saturated rings. The van der Waals surface area contributed by atoms with Gasteiger partial charge in [-0.05, 0) is 12.1 Å². The molecule has 0 aliphatic heterocycles. The Balaban J connectivity index is 2.52. The van der Waals surface area contributed by atoms with Crippen molar-refractivity contribution in [3.8, 4) is 0 Å². The van der Waals surface area contributed by atoms with Gasteiger partial charge in [-0.1, -0.05) is 6.92 Å². The lowest BCUT2D eigenvalue weighted by molar-refractivity contribution is 0.251. The third-order valence-corrected chi connectivity index (χ3v) is 2.28. The monoisotopic (exact) mass is 256 g/mol. The molecule has 0 heterocycles. The predicted octanol–water partition coefficient (Wildman–Crippen LogP) is 1.66. The van der Waals surface area contributed by atoms with E-state index in [0.29, 0.717) is 6.07 Å². The van der Waals surface area contributed by atoms with Gasteiger partial charge < -0.3 is 16.4 Å². The lowest BCUT2D eigenvalue weighted by Gasteiger charge is -2.12. The standard InChI is InChI=1S/C11H14F2N4O/c1-6(10(14)15)5-16-11(18)17-9-3-2-7(12)4-8(9)13/h2-4,6H,5H2,1H3,(H3,14,15)(H2,16,17,18). The van der Waals surface area contributed by atoms with E-state index >= 15 is 0 Å². The number of hydrogen-bond donors (Lipinski definition) is 4. The Hall–Kier alpha value is -2.18. The smallest absolute Gasteiger partial charge is 0.319 e. The van der Waals surface area contributed by atoms with Crippen LogP contribution in [0.15, 0.2) is 18.2 Å². The molecule has 1 aromatic carbocycles. The van der Waals surface area contributed by atoms with Crippen molar-refractivity contribution in [3.05, 3.63) is 29.8 Å². The molecule has 7 heteroatoms. The van der Waals surface area contributed by atoms with E-state index in [0.717, 1.165) is 12.1 Å². The van der Waals surface area contributed by atoms with Crippen molar-refractivity contribution in [2.24, 2.45) is 11.7 Å². The van der Waals surface area contributed by atoms with Crippen LogP contribution >= 0.6 is 0 Å². The van der Waals surface area contributed by atoms with Crippen molar-refractivity contribution in [2.45, 2.75) is 6.92 Å². The van der Waals surface area contributed by atoms with Crippen LogP contribution in [0, 0.1) is 23.0 Å². The lowest BCUT2D eigenvalue weighted by Crippen LogP contribution is -2.36. The minimum atomic E-state index is -0.857. The summed E-state index contributed by atoms with van der Waals surface area (Å²) in [6.45, 7) is 1.82. The number of amidine groups is 1. The van der Waals surface area contributed by atoms with Gasteiger partial charge in [-0.2, -0.15) is 0 Å². The summed E-state index contributed by atoms with van der Waals surface area (Å²) >= 11 is 0. The van der Waals surface area contributed by atoms with Crippen molar-refractivity contribution >= 4 is 17.6 Å². The third kappa shape index (κ3) is 4.00. The summed E-state index contributed by atoms with van der Waals surface area (Å²) in [5.74, 6) is -1.94. The van der Waals surface area contributed by atoms with Crippen molar-refractivity contribution < 1.29 is 13.6 Å². The highest BCUT2D eigenvalue weighted by Crippen LogP contribution is 2.14. The Labute approximate surface area is 103 Å². The SMILES string of the molecule is CC(CNC(=O)Nc1ccc(F)cc1F)C(=N)N. The first-order valence-corrected chi connectivity index (χ1v) is 5.24. The maximum absolute atomic E-state index is 13.2. The zero-order chi connectivity index (χ0) is 13.7. The molecule has 0 saturated heterocycles. The third-order valence-electron chi connectivity index (χ3n) is 2.28. The predicted molar refractivity (Wildman–Crippen MR) is 64.5 cm³/mol. The number of hydrogen-bond acceptors (Lipinski definition) is 2. The molecule has 0 aromatic heterocycles. The molecule has 1 aromatic rings. The molecule has 0 aliphatic rings. The van der Waals surface area contributed by atoms with E-state index in [1.807, 2.05) is 0 Å². The van der Waals surface area contributed by atoms with E-state index in [1.54, 1.807) is 6.92 Å². The molecule has 2 amide bonds. The van der Waals surface area contributed by atoms with Gasteiger partial charge >= 0.3 is 6.03 Å². The summed E-state index contributed by atoms with van der Waals surface area (Å²) in [5, 5.41) is 11.8. The van der Waals surface area contributed by atoms with Crippen molar-refractivity contribution in [3.63, 3.8) is 0 Å². The molecule has 1 unspecified atom stereocenters. The van der Waals surface area contributed by atoms with E-state index in [2.05, 4.69) is 10.6 Å².